The van der Waals surface area contributed by atoms with Crippen LogP contribution in [-0.2, 0) is 0 Å². The number of nitrogens with zero attached hydrogens (tertiary/aromatic N) is 1. The van der Waals surface area contributed by atoms with Crippen LogP contribution in [0.3, 0.4) is 0 Å². The molecule has 0 unspecified atom stereocenters. The third-order valence-corrected chi connectivity index (χ3v) is 5.34. The Balaban J connectivity index is 1.78. The van der Waals surface area contributed by atoms with E-state index in [0.29, 0.717) is 6.04 Å². The van der Waals surface area contributed by atoms with Gasteiger partial charge in [0.05, 0.1) is 6.04 Å². The van der Waals surface area contributed by atoms with Crippen LogP contribution < -0.4 is 5.32 Å². The minimum absolute atomic E-state index is 0.381. The van der Waals surface area contributed by atoms with Crippen LogP contribution in [0.1, 0.15) is 16.5 Å². The molecule has 0 bridgehead atoms. The van der Waals surface area contributed by atoms with Crippen molar-refractivity contribution < 1.29 is 0 Å². The fourth-order valence-corrected chi connectivity index (χ4v) is 4.21. The van der Waals surface area contributed by atoms with Crippen LogP contribution in [0, 0.1) is 0 Å². The zero-order chi connectivity index (χ0) is 14.8. The van der Waals surface area contributed by atoms with Crippen molar-refractivity contribution in [2.75, 3.05) is 26.2 Å². The molecule has 1 aromatic heterocycles. The summed E-state index contributed by atoms with van der Waals surface area (Å²) in [5.74, 6) is 0. The Morgan fingerprint density at radius 3 is 2.50 bits per heavy atom. The predicted molar refractivity (Wildman–Crippen MR) is 94.6 cm³/mol. The van der Waals surface area contributed by atoms with Crippen LogP contribution in [0.2, 0.25) is 0 Å². The summed E-state index contributed by atoms with van der Waals surface area (Å²) in [4.78, 5) is 4.05. The van der Waals surface area contributed by atoms with Gasteiger partial charge in [-0.25, -0.2) is 0 Å². The number of benzene rings is 2. The third-order valence-electron chi connectivity index (χ3n) is 4.42. The normalized spacial score (nSPS) is 17.6. The van der Waals surface area contributed by atoms with Crippen molar-refractivity contribution in [1.29, 1.82) is 0 Å². The fourth-order valence-electron chi connectivity index (χ4n) is 3.32. The molecule has 1 fully saturated rings. The number of fused-ring (bicyclic) bond motifs is 1. The number of thiophene rings is 1. The van der Waals surface area contributed by atoms with E-state index in [9.17, 15) is 0 Å². The SMILES string of the molecule is c1csc([C@@H](c2ccc3ccccc3c2)N2CCNCC2)c1. The lowest BCUT2D eigenvalue weighted by atomic mass is 9.99. The second kappa shape index (κ2) is 6.21. The monoisotopic (exact) mass is 308 g/mol. The Hall–Kier alpha value is -1.68. The Morgan fingerprint density at radius 2 is 1.73 bits per heavy atom. The Kier molecular flexibility index (Phi) is 3.94. The van der Waals surface area contributed by atoms with Crippen molar-refractivity contribution >= 4 is 22.1 Å². The summed E-state index contributed by atoms with van der Waals surface area (Å²) in [7, 11) is 0. The first-order chi connectivity index (χ1) is 10.9. The molecule has 2 aromatic carbocycles. The summed E-state index contributed by atoms with van der Waals surface area (Å²) in [6.07, 6.45) is 0. The predicted octanol–water partition coefficient (Wildman–Crippen LogP) is 3.90. The van der Waals surface area contributed by atoms with E-state index >= 15 is 0 Å². The van der Waals surface area contributed by atoms with E-state index in [1.54, 1.807) is 0 Å². The van der Waals surface area contributed by atoms with Gasteiger partial charge in [0.15, 0.2) is 0 Å². The summed E-state index contributed by atoms with van der Waals surface area (Å²) in [6.45, 7) is 4.37. The molecule has 4 rings (SSSR count). The molecular formula is C19H20N2S. The second-order valence-corrected chi connectivity index (χ2v) is 6.79. The van der Waals surface area contributed by atoms with E-state index in [-0.39, 0.29) is 0 Å². The van der Waals surface area contributed by atoms with Crippen molar-refractivity contribution in [2.45, 2.75) is 6.04 Å². The Labute approximate surface area is 135 Å². The van der Waals surface area contributed by atoms with Gasteiger partial charge in [0.2, 0.25) is 0 Å². The first-order valence-electron chi connectivity index (χ1n) is 7.89. The number of rotatable bonds is 3. The molecule has 0 spiro atoms. The molecule has 112 valence electrons. The second-order valence-electron chi connectivity index (χ2n) is 5.81. The average Bonchev–Trinajstić information content (AvgIpc) is 3.10. The highest BCUT2D eigenvalue weighted by Crippen LogP contribution is 2.33. The van der Waals surface area contributed by atoms with Crippen molar-refractivity contribution in [3.05, 3.63) is 70.4 Å². The van der Waals surface area contributed by atoms with Gasteiger partial charge in [-0.2, -0.15) is 0 Å². The molecule has 2 heterocycles. The zero-order valence-electron chi connectivity index (χ0n) is 12.5. The van der Waals surface area contributed by atoms with Crippen LogP contribution in [0.4, 0.5) is 0 Å². The van der Waals surface area contributed by atoms with Gasteiger partial charge in [0.25, 0.3) is 0 Å². The van der Waals surface area contributed by atoms with Crippen LogP contribution in [0.5, 0.6) is 0 Å². The van der Waals surface area contributed by atoms with E-state index in [1.165, 1.54) is 21.2 Å². The minimum Gasteiger partial charge on any atom is -0.314 e. The standard InChI is InChI=1S/C19H20N2S/c1-2-5-16-14-17(8-7-15(16)4-1)19(18-6-3-13-22-18)21-11-9-20-10-12-21/h1-8,13-14,19-20H,9-12H2/t19-/m1/s1. The molecular weight excluding hydrogens is 288 g/mol. The number of piperazine rings is 1. The molecule has 3 heteroatoms. The number of hydrogen-bond donors (Lipinski definition) is 1. The molecule has 22 heavy (non-hydrogen) atoms. The molecule has 2 nitrogen and oxygen atoms in total. The topological polar surface area (TPSA) is 15.3 Å². The highest BCUT2D eigenvalue weighted by atomic mass is 32.1. The quantitative estimate of drug-likeness (QED) is 0.789. The summed E-state index contributed by atoms with van der Waals surface area (Å²) in [5.41, 5.74) is 1.41. The van der Waals surface area contributed by atoms with Gasteiger partial charge in [-0.3, -0.25) is 4.90 Å². The van der Waals surface area contributed by atoms with Crippen LogP contribution in [0.15, 0.2) is 60.0 Å². The summed E-state index contributed by atoms with van der Waals surface area (Å²) >= 11 is 1.86. The maximum absolute atomic E-state index is 3.46. The van der Waals surface area contributed by atoms with Gasteiger partial charge < -0.3 is 5.32 Å². The van der Waals surface area contributed by atoms with Gasteiger partial charge in [-0.05, 0) is 33.8 Å². The van der Waals surface area contributed by atoms with Crippen molar-refractivity contribution in [2.24, 2.45) is 0 Å². The van der Waals surface area contributed by atoms with Crippen LogP contribution in [0.25, 0.3) is 10.8 Å². The maximum Gasteiger partial charge on any atom is 0.0697 e. The minimum atomic E-state index is 0.381. The molecule has 1 aliphatic rings. The molecule has 1 saturated heterocycles. The Bertz CT molecular complexity index is 745. The van der Waals surface area contributed by atoms with Gasteiger partial charge in [-0.1, -0.05) is 42.5 Å². The molecule has 0 aliphatic carbocycles. The third kappa shape index (κ3) is 2.68. The van der Waals surface area contributed by atoms with E-state index in [4.69, 9.17) is 0 Å². The van der Waals surface area contributed by atoms with E-state index < -0.39 is 0 Å². The number of hydrogen-bond acceptors (Lipinski definition) is 3. The van der Waals surface area contributed by atoms with E-state index in [0.717, 1.165) is 26.2 Å². The highest BCUT2D eigenvalue weighted by molar-refractivity contribution is 7.10. The molecule has 1 atom stereocenters. The smallest absolute Gasteiger partial charge is 0.0697 e. The van der Waals surface area contributed by atoms with Crippen molar-refractivity contribution in [3.63, 3.8) is 0 Å². The Morgan fingerprint density at radius 1 is 0.909 bits per heavy atom. The van der Waals surface area contributed by atoms with Crippen LogP contribution in [-0.4, -0.2) is 31.1 Å². The molecule has 3 aromatic rings. The van der Waals surface area contributed by atoms with Crippen molar-refractivity contribution in [1.82, 2.24) is 10.2 Å². The first-order valence-corrected chi connectivity index (χ1v) is 8.77. The molecule has 0 radical (unpaired) electrons. The highest BCUT2D eigenvalue weighted by Gasteiger charge is 2.24. The maximum atomic E-state index is 3.46. The lowest BCUT2D eigenvalue weighted by Crippen LogP contribution is -2.45. The molecule has 0 amide bonds. The van der Waals surface area contributed by atoms with E-state index in [2.05, 4.69) is 70.2 Å². The lowest BCUT2D eigenvalue weighted by Gasteiger charge is -2.35. The van der Waals surface area contributed by atoms with E-state index in [1.807, 2.05) is 11.3 Å². The zero-order valence-corrected chi connectivity index (χ0v) is 13.4. The summed E-state index contributed by atoms with van der Waals surface area (Å²) in [5, 5.41) is 8.29. The molecule has 1 N–H and O–H groups in total. The summed E-state index contributed by atoms with van der Waals surface area (Å²) < 4.78 is 0. The van der Waals surface area contributed by atoms with Gasteiger partial charge in [0.1, 0.15) is 0 Å². The first kappa shape index (κ1) is 13.9. The summed E-state index contributed by atoms with van der Waals surface area (Å²) in [6, 6.07) is 20.4. The van der Waals surface area contributed by atoms with Crippen molar-refractivity contribution in [3.8, 4) is 0 Å². The largest absolute Gasteiger partial charge is 0.314 e. The van der Waals surface area contributed by atoms with Crippen LogP contribution >= 0.6 is 11.3 Å². The number of nitrogens with one attached hydrogen (secondary N) is 1. The lowest BCUT2D eigenvalue weighted by molar-refractivity contribution is 0.201. The van der Waals surface area contributed by atoms with Gasteiger partial charge in [0, 0.05) is 31.1 Å². The van der Waals surface area contributed by atoms with Gasteiger partial charge >= 0.3 is 0 Å². The molecule has 0 saturated carbocycles. The fraction of sp³-hybridized carbons (Fsp3) is 0.263. The average molecular weight is 308 g/mol. The van der Waals surface area contributed by atoms with Gasteiger partial charge in [-0.15, -0.1) is 11.3 Å². The molecule has 1 aliphatic heterocycles.